The molecule has 0 aliphatic heterocycles. The van der Waals surface area contributed by atoms with Crippen molar-refractivity contribution in [2.75, 3.05) is 6.61 Å². The smallest absolute Gasteiger partial charge is 0.320 e. The van der Waals surface area contributed by atoms with Gasteiger partial charge in [0.25, 0.3) is 6.43 Å². The molecular weight excluding hydrogens is 296 g/mol. The first-order chi connectivity index (χ1) is 10.5. The van der Waals surface area contributed by atoms with Crippen molar-refractivity contribution in [1.82, 2.24) is 24.5 Å². The number of halogens is 2. The van der Waals surface area contributed by atoms with Gasteiger partial charge in [-0.15, -0.1) is 0 Å². The van der Waals surface area contributed by atoms with Crippen molar-refractivity contribution in [3.05, 3.63) is 24.8 Å². The highest BCUT2D eigenvalue weighted by molar-refractivity contribution is 5.93. The molecule has 0 unspecified atom stereocenters. The number of pyridine rings is 1. The van der Waals surface area contributed by atoms with E-state index in [1.54, 1.807) is 24.1 Å². The molecule has 3 aromatic rings. The lowest BCUT2D eigenvalue weighted by molar-refractivity contribution is 0.0768. The Balaban J connectivity index is 2.13. The molecule has 0 bridgehead atoms. The minimum absolute atomic E-state index is 0.276. The maximum absolute atomic E-state index is 12.2. The van der Waals surface area contributed by atoms with Crippen molar-refractivity contribution in [3.63, 3.8) is 0 Å². The summed E-state index contributed by atoms with van der Waals surface area (Å²) in [5.74, 6) is -0.367. The summed E-state index contributed by atoms with van der Waals surface area (Å²) in [6.07, 6.45) is 2.13. The molecule has 0 atom stereocenters. The third kappa shape index (κ3) is 2.65. The van der Waals surface area contributed by atoms with Crippen LogP contribution < -0.4 is 4.74 Å². The van der Waals surface area contributed by atoms with E-state index >= 15 is 0 Å². The first-order valence-electron chi connectivity index (χ1n) is 6.29. The molecular formula is C13H11F2N5O2. The third-order valence-corrected chi connectivity index (χ3v) is 2.86. The number of aryl methyl sites for hydroxylation is 1. The van der Waals surface area contributed by atoms with Crippen molar-refractivity contribution in [1.29, 1.82) is 0 Å². The third-order valence-electron chi connectivity index (χ3n) is 2.86. The maximum atomic E-state index is 12.2. The molecule has 0 aromatic carbocycles. The standard InChI is InChI=1S/C13H11F2N5O2/c1-20-4-8(17-6-20)11-10-7(2-3-16-11)12(21)19-13(18-10)22-5-9(14)15/h2-4,6,9H,5H2,1H3,(H,18,19,21). The second kappa shape index (κ2) is 5.51. The highest BCUT2D eigenvalue weighted by Gasteiger charge is 2.16. The fourth-order valence-electron chi connectivity index (χ4n) is 1.94. The number of nitrogens with zero attached hydrogens (tertiary/aromatic N) is 5. The molecule has 0 aliphatic rings. The van der Waals surface area contributed by atoms with E-state index in [9.17, 15) is 13.9 Å². The summed E-state index contributed by atoms with van der Waals surface area (Å²) < 4.78 is 30.9. The first-order valence-corrected chi connectivity index (χ1v) is 6.29. The predicted molar refractivity (Wildman–Crippen MR) is 72.7 cm³/mol. The molecule has 114 valence electrons. The number of alkyl halides is 2. The van der Waals surface area contributed by atoms with Crippen molar-refractivity contribution < 1.29 is 18.6 Å². The molecule has 3 heterocycles. The van der Waals surface area contributed by atoms with Gasteiger partial charge in [-0.3, -0.25) is 4.98 Å². The lowest BCUT2D eigenvalue weighted by atomic mass is 10.2. The second-order valence-corrected chi connectivity index (χ2v) is 4.51. The van der Waals surface area contributed by atoms with E-state index in [2.05, 4.69) is 19.9 Å². The molecule has 9 heteroatoms. The molecule has 0 spiro atoms. The van der Waals surface area contributed by atoms with Crippen LogP contribution in [-0.4, -0.2) is 42.6 Å². The zero-order chi connectivity index (χ0) is 15.7. The van der Waals surface area contributed by atoms with Gasteiger partial charge >= 0.3 is 6.01 Å². The molecule has 0 aliphatic carbocycles. The van der Waals surface area contributed by atoms with E-state index in [-0.39, 0.29) is 17.4 Å². The Morgan fingerprint density at radius 3 is 2.82 bits per heavy atom. The van der Waals surface area contributed by atoms with E-state index in [1.165, 1.54) is 12.3 Å². The highest BCUT2D eigenvalue weighted by Crippen LogP contribution is 2.29. The average Bonchev–Trinajstić information content (AvgIpc) is 2.91. The van der Waals surface area contributed by atoms with Gasteiger partial charge < -0.3 is 14.4 Å². The van der Waals surface area contributed by atoms with Gasteiger partial charge in [0.05, 0.1) is 11.7 Å². The van der Waals surface area contributed by atoms with E-state index in [0.29, 0.717) is 16.8 Å². The van der Waals surface area contributed by atoms with E-state index in [4.69, 9.17) is 4.74 Å². The Hall–Kier alpha value is -2.84. The van der Waals surface area contributed by atoms with Crippen LogP contribution in [0.15, 0.2) is 24.8 Å². The second-order valence-electron chi connectivity index (χ2n) is 4.51. The number of hydrogen-bond acceptors (Lipinski definition) is 6. The Bertz CT molecular complexity index is 821. The number of aromatic hydroxyl groups is 1. The molecule has 0 saturated carbocycles. The number of ether oxygens (including phenoxy) is 1. The van der Waals surface area contributed by atoms with Crippen molar-refractivity contribution in [3.8, 4) is 23.3 Å². The normalized spacial score (nSPS) is 11.3. The number of aromatic nitrogens is 5. The van der Waals surface area contributed by atoms with E-state index in [1.807, 2.05) is 0 Å². The maximum Gasteiger partial charge on any atom is 0.320 e. The molecule has 0 radical (unpaired) electrons. The molecule has 0 amide bonds. The summed E-state index contributed by atoms with van der Waals surface area (Å²) in [5, 5.41) is 10.3. The molecule has 3 aromatic heterocycles. The van der Waals surface area contributed by atoms with Gasteiger partial charge in [0.2, 0.25) is 5.88 Å². The van der Waals surface area contributed by atoms with Crippen LogP contribution in [0.5, 0.6) is 11.9 Å². The fraction of sp³-hybridized carbons (Fsp3) is 0.231. The Labute approximate surface area is 123 Å². The van der Waals surface area contributed by atoms with Crippen LogP contribution in [0.4, 0.5) is 8.78 Å². The SMILES string of the molecule is Cn1cnc(-c2nccc3c(O)nc(OCC(F)F)nc23)c1. The quantitative estimate of drug-likeness (QED) is 0.790. The Morgan fingerprint density at radius 2 is 2.14 bits per heavy atom. The molecule has 3 rings (SSSR count). The van der Waals surface area contributed by atoms with Crippen LogP contribution in [0, 0.1) is 0 Å². The molecule has 7 nitrogen and oxygen atoms in total. The summed E-state index contributed by atoms with van der Waals surface area (Å²) in [5.41, 5.74) is 1.21. The topological polar surface area (TPSA) is 86.0 Å². The monoisotopic (exact) mass is 307 g/mol. The average molecular weight is 307 g/mol. The number of hydrogen-bond donors (Lipinski definition) is 1. The van der Waals surface area contributed by atoms with Gasteiger partial charge in [0.1, 0.15) is 16.9 Å². The van der Waals surface area contributed by atoms with Crippen LogP contribution in [0.1, 0.15) is 0 Å². The van der Waals surface area contributed by atoms with Gasteiger partial charge in [-0.25, -0.2) is 13.8 Å². The van der Waals surface area contributed by atoms with E-state index in [0.717, 1.165) is 0 Å². The number of fused-ring (bicyclic) bond motifs is 1. The van der Waals surface area contributed by atoms with E-state index < -0.39 is 13.0 Å². The Morgan fingerprint density at radius 1 is 1.32 bits per heavy atom. The van der Waals surface area contributed by atoms with Crippen LogP contribution >= 0.6 is 0 Å². The summed E-state index contributed by atoms with van der Waals surface area (Å²) in [6, 6.07) is 1.18. The lowest BCUT2D eigenvalue weighted by Gasteiger charge is -2.07. The molecule has 1 N–H and O–H groups in total. The van der Waals surface area contributed by atoms with Crippen LogP contribution in [0.2, 0.25) is 0 Å². The summed E-state index contributed by atoms with van der Waals surface area (Å²) in [4.78, 5) is 16.1. The largest absolute Gasteiger partial charge is 0.493 e. The number of rotatable bonds is 4. The molecule has 0 fully saturated rings. The first kappa shape index (κ1) is 14.1. The summed E-state index contributed by atoms with van der Waals surface area (Å²) >= 11 is 0. The van der Waals surface area contributed by atoms with Crippen molar-refractivity contribution in [2.24, 2.45) is 7.05 Å². The number of imidazole rings is 1. The van der Waals surface area contributed by atoms with Crippen molar-refractivity contribution in [2.45, 2.75) is 6.43 Å². The molecule has 22 heavy (non-hydrogen) atoms. The van der Waals surface area contributed by atoms with Gasteiger partial charge in [-0.05, 0) is 6.07 Å². The predicted octanol–water partition coefficient (Wildman–Crippen LogP) is 1.77. The zero-order valence-corrected chi connectivity index (χ0v) is 11.4. The Kier molecular flexibility index (Phi) is 3.53. The molecule has 0 saturated heterocycles. The lowest BCUT2D eigenvalue weighted by Crippen LogP contribution is -2.09. The summed E-state index contributed by atoms with van der Waals surface area (Å²) in [7, 11) is 1.80. The van der Waals surface area contributed by atoms with Gasteiger partial charge in [0.15, 0.2) is 6.61 Å². The minimum Gasteiger partial charge on any atom is -0.493 e. The van der Waals surface area contributed by atoms with Crippen LogP contribution in [-0.2, 0) is 7.05 Å². The van der Waals surface area contributed by atoms with Gasteiger partial charge in [-0.1, -0.05) is 0 Å². The van der Waals surface area contributed by atoms with Crippen LogP contribution in [0.25, 0.3) is 22.3 Å². The zero-order valence-electron chi connectivity index (χ0n) is 11.4. The highest BCUT2D eigenvalue weighted by atomic mass is 19.3. The summed E-state index contributed by atoms with van der Waals surface area (Å²) in [6.45, 7) is -0.857. The van der Waals surface area contributed by atoms with Gasteiger partial charge in [-0.2, -0.15) is 9.97 Å². The van der Waals surface area contributed by atoms with Crippen LogP contribution in [0.3, 0.4) is 0 Å². The van der Waals surface area contributed by atoms with Gasteiger partial charge in [0, 0.05) is 19.4 Å². The minimum atomic E-state index is -2.66. The fourth-order valence-corrected chi connectivity index (χ4v) is 1.94. The van der Waals surface area contributed by atoms with Crippen molar-refractivity contribution >= 4 is 10.9 Å².